The van der Waals surface area contributed by atoms with Crippen LogP contribution in [0.5, 0.6) is 5.75 Å². The molecule has 0 amide bonds. The first kappa shape index (κ1) is 12.9. The van der Waals surface area contributed by atoms with Crippen LogP contribution in [0.2, 0.25) is 0 Å². The fraction of sp³-hybridized carbons (Fsp3) is 0.375. The molecule has 1 N–H and O–H groups in total. The number of ether oxygens (including phenoxy) is 1. The van der Waals surface area contributed by atoms with Crippen molar-refractivity contribution >= 4 is 26.7 Å². The van der Waals surface area contributed by atoms with Crippen LogP contribution in [0.3, 0.4) is 0 Å². The van der Waals surface area contributed by atoms with Gasteiger partial charge in [0.15, 0.2) is 0 Å². The van der Waals surface area contributed by atoms with E-state index in [1.165, 1.54) is 23.6 Å². The van der Waals surface area contributed by atoms with Crippen LogP contribution in [0.4, 0.5) is 0 Å². The molecule has 0 aliphatic heterocycles. The Balaban J connectivity index is 1.58. The first-order valence-electron chi connectivity index (χ1n) is 6.85. The summed E-state index contributed by atoms with van der Waals surface area (Å²) in [6.07, 6.45) is 2.79. The average Bonchev–Trinajstić information content (AvgIpc) is 3.25. The highest BCUT2D eigenvalue weighted by Gasteiger charge is 2.19. The van der Waals surface area contributed by atoms with Crippen molar-refractivity contribution in [2.45, 2.75) is 12.8 Å². The maximum Gasteiger partial charge on any atom is 0.134 e. The molecular formula is C16H18BrNO. The van der Waals surface area contributed by atoms with Crippen LogP contribution in [-0.4, -0.2) is 19.7 Å². The Morgan fingerprint density at radius 3 is 2.84 bits per heavy atom. The second-order valence-corrected chi connectivity index (χ2v) is 5.89. The number of hydrogen-bond acceptors (Lipinski definition) is 2. The number of rotatable bonds is 6. The number of halogens is 1. The van der Waals surface area contributed by atoms with E-state index in [9.17, 15) is 0 Å². The van der Waals surface area contributed by atoms with Crippen LogP contribution in [0, 0.1) is 5.92 Å². The van der Waals surface area contributed by atoms with E-state index in [0.29, 0.717) is 6.61 Å². The van der Waals surface area contributed by atoms with Crippen molar-refractivity contribution in [2.75, 3.05) is 19.7 Å². The van der Waals surface area contributed by atoms with Crippen LogP contribution in [0.15, 0.2) is 40.9 Å². The minimum atomic E-state index is 0.712. The van der Waals surface area contributed by atoms with E-state index in [4.69, 9.17) is 4.74 Å². The number of nitrogens with one attached hydrogen (secondary N) is 1. The summed E-state index contributed by atoms with van der Waals surface area (Å²) in [6, 6.07) is 12.5. The Morgan fingerprint density at radius 1 is 1.16 bits per heavy atom. The van der Waals surface area contributed by atoms with Crippen LogP contribution in [-0.2, 0) is 0 Å². The van der Waals surface area contributed by atoms with Gasteiger partial charge in [0.05, 0.1) is 4.47 Å². The van der Waals surface area contributed by atoms with Gasteiger partial charge in [-0.05, 0) is 58.1 Å². The zero-order valence-corrected chi connectivity index (χ0v) is 12.4. The lowest BCUT2D eigenvalue weighted by molar-refractivity contribution is 0.312. The lowest BCUT2D eigenvalue weighted by Gasteiger charge is -2.10. The molecule has 2 aromatic carbocycles. The number of benzene rings is 2. The van der Waals surface area contributed by atoms with Crippen molar-refractivity contribution in [3.05, 3.63) is 40.9 Å². The number of hydrogen-bond donors (Lipinski definition) is 1. The first-order valence-corrected chi connectivity index (χ1v) is 7.64. The van der Waals surface area contributed by atoms with Gasteiger partial charge in [0.25, 0.3) is 0 Å². The minimum absolute atomic E-state index is 0.712. The molecule has 3 heteroatoms. The molecule has 2 nitrogen and oxygen atoms in total. The highest BCUT2D eigenvalue weighted by atomic mass is 79.9. The summed E-state index contributed by atoms with van der Waals surface area (Å²) in [6.45, 7) is 2.77. The second kappa shape index (κ2) is 5.93. The van der Waals surface area contributed by atoms with E-state index >= 15 is 0 Å². The van der Waals surface area contributed by atoms with Gasteiger partial charge >= 0.3 is 0 Å². The molecule has 1 saturated carbocycles. The van der Waals surface area contributed by atoms with E-state index in [1.54, 1.807) is 0 Å². The first-order chi connectivity index (χ1) is 9.34. The van der Waals surface area contributed by atoms with Crippen LogP contribution in [0.25, 0.3) is 10.8 Å². The molecule has 1 fully saturated rings. The van der Waals surface area contributed by atoms with Crippen molar-refractivity contribution in [3.8, 4) is 5.75 Å². The van der Waals surface area contributed by atoms with Crippen molar-refractivity contribution < 1.29 is 4.74 Å². The summed E-state index contributed by atoms with van der Waals surface area (Å²) in [5, 5.41) is 5.86. The quantitative estimate of drug-likeness (QED) is 0.813. The third-order valence-electron chi connectivity index (χ3n) is 3.49. The maximum atomic E-state index is 5.84. The average molecular weight is 320 g/mol. The lowest BCUT2D eigenvalue weighted by Crippen LogP contribution is -2.23. The lowest BCUT2D eigenvalue weighted by atomic mass is 10.1. The van der Waals surface area contributed by atoms with E-state index < -0.39 is 0 Å². The monoisotopic (exact) mass is 319 g/mol. The van der Waals surface area contributed by atoms with Gasteiger partial charge < -0.3 is 10.1 Å². The van der Waals surface area contributed by atoms with Gasteiger partial charge in [0, 0.05) is 6.54 Å². The summed E-state index contributed by atoms with van der Waals surface area (Å²) in [7, 11) is 0. The minimum Gasteiger partial charge on any atom is -0.491 e. The molecule has 0 atom stereocenters. The Morgan fingerprint density at radius 2 is 2.00 bits per heavy atom. The van der Waals surface area contributed by atoms with Crippen LogP contribution < -0.4 is 10.1 Å². The van der Waals surface area contributed by atoms with Gasteiger partial charge in [0.1, 0.15) is 12.4 Å². The zero-order chi connectivity index (χ0) is 13.1. The van der Waals surface area contributed by atoms with Crippen molar-refractivity contribution in [3.63, 3.8) is 0 Å². The molecule has 100 valence electrons. The summed E-state index contributed by atoms with van der Waals surface area (Å²) >= 11 is 3.64. The molecule has 2 aromatic rings. The van der Waals surface area contributed by atoms with E-state index in [1.807, 2.05) is 12.1 Å². The second-order valence-electron chi connectivity index (χ2n) is 5.09. The Kier molecular flexibility index (Phi) is 4.04. The Bertz CT molecular complexity index is 566. The summed E-state index contributed by atoms with van der Waals surface area (Å²) in [5.74, 6) is 1.85. The fourth-order valence-corrected chi connectivity index (χ4v) is 2.79. The molecule has 1 aliphatic carbocycles. The topological polar surface area (TPSA) is 21.3 Å². The van der Waals surface area contributed by atoms with Crippen LogP contribution >= 0.6 is 15.9 Å². The number of fused-ring (bicyclic) bond motifs is 1. The van der Waals surface area contributed by atoms with Gasteiger partial charge in [-0.25, -0.2) is 0 Å². The molecule has 19 heavy (non-hydrogen) atoms. The van der Waals surface area contributed by atoms with Gasteiger partial charge in [-0.2, -0.15) is 0 Å². The fourth-order valence-electron chi connectivity index (χ4n) is 2.19. The maximum absolute atomic E-state index is 5.84. The normalized spacial score (nSPS) is 14.8. The SMILES string of the molecule is Brc1c(OCCNCC2CC2)ccc2ccccc12. The molecule has 0 bridgehead atoms. The third kappa shape index (κ3) is 3.28. The molecule has 0 unspecified atom stereocenters. The van der Waals surface area contributed by atoms with Crippen LogP contribution in [0.1, 0.15) is 12.8 Å². The van der Waals surface area contributed by atoms with Gasteiger partial charge in [0.2, 0.25) is 0 Å². The smallest absolute Gasteiger partial charge is 0.134 e. The van der Waals surface area contributed by atoms with Gasteiger partial charge in [-0.15, -0.1) is 0 Å². The predicted molar refractivity (Wildman–Crippen MR) is 82.7 cm³/mol. The van der Waals surface area contributed by atoms with E-state index in [-0.39, 0.29) is 0 Å². The van der Waals surface area contributed by atoms with Gasteiger partial charge in [-0.1, -0.05) is 30.3 Å². The van der Waals surface area contributed by atoms with E-state index in [2.05, 4.69) is 45.5 Å². The third-order valence-corrected chi connectivity index (χ3v) is 4.31. The Hall–Kier alpha value is -1.06. The summed E-state index contributed by atoms with van der Waals surface area (Å²) < 4.78 is 6.89. The molecule has 0 heterocycles. The highest BCUT2D eigenvalue weighted by molar-refractivity contribution is 9.10. The molecule has 3 rings (SSSR count). The summed E-state index contributed by atoms with van der Waals surface area (Å²) in [4.78, 5) is 0. The molecular weight excluding hydrogens is 302 g/mol. The zero-order valence-electron chi connectivity index (χ0n) is 10.9. The molecule has 1 aliphatic rings. The van der Waals surface area contributed by atoms with Gasteiger partial charge in [-0.3, -0.25) is 0 Å². The molecule has 0 radical (unpaired) electrons. The van der Waals surface area contributed by atoms with Crippen molar-refractivity contribution in [2.24, 2.45) is 5.92 Å². The Labute approximate surface area is 122 Å². The molecule has 0 saturated heterocycles. The standard InChI is InChI=1S/C16H18BrNO/c17-16-14-4-2-1-3-13(14)7-8-15(16)19-10-9-18-11-12-5-6-12/h1-4,7-8,12,18H,5-6,9-11H2. The largest absolute Gasteiger partial charge is 0.491 e. The molecule has 0 spiro atoms. The van der Waals surface area contributed by atoms with Crippen molar-refractivity contribution in [1.29, 1.82) is 0 Å². The predicted octanol–water partition coefficient (Wildman–Crippen LogP) is 3.98. The highest BCUT2D eigenvalue weighted by Crippen LogP contribution is 2.33. The van der Waals surface area contributed by atoms with Crippen molar-refractivity contribution in [1.82, 2.24) is 5.32 Å². The summed E-state index contributed by atoms with van der Waals surface area (Å²) in [5.41, 5.74) is 0. The molecule has 0 aromatic heterocycles. The van der Waals surface area contributed by atoms with E-state index in [0.717, 1.165) is 29.2 Å².